The lowest BCUT2D eigenvalue weighted by atomic mass is 9.92. The summed E-state index contributed by atoms with van der Waals surface area (Å²) in [5.74, 6) is 0.395. The number of amides is 1. The highest BCUT2D eigenvalue weighted by molar-refractivity contribution is 5.78. The SMILES string of the molecule is Cc1ccccc1CN1CCC(N2CCC(C(=O)NCCc3cnc[nH]3)CC2)CC1. The number of benzene rings is 1. The van der Waals surface area contributed by atoms with Crippen molar-refractivity contribution in [3.63, 3.8) is 0 Å². The lowest BCUT2D eigenvalue weighted by molar-refractivity contribution is -0.126. The van der Waals surface area contributed by atoms with Gasteiger partial charge in [0.15, 0.2) is 0 Å². The lowest BCUT2D eigenvalue weighted by Gasteiger charge is -2.41. The highest BCUT2D eigenvalue weighted by atomic mass is 16.1. The second-order valence-corrected chi connectivity index (χ2v) is 8.86. The number of rotatable bonds is 7. The van der Waals surface area contributed by atoms with Gasteiger partial charge in [0, 0.05) is 43.4 Å². The lowest BCUT2D eigenvalue weighted by Crippen LogP contribution is -2.49. The quantitative estimate of drug-likeness (QED) is 0.738. The second-order valence-electron chi connectivity index (χ2n) is 8.86. The van der Waals surface area contributed by atoms with Crippen molar-refractivity contribution in [2.75, 3.05) is 32.7 Å². The first-order valence-electron chi connectivity index (χ1n) is 11.4. The first-order valence-corrected chi connectivity index (χ1v) is 11.4. The molecule has 30 heavy (non-hydrogen) atoms. The zero-order valence-corrected chi connectivity index (χ0v) is 18.1. The van der Waals surface area contributed by atoms with Gasteiger partial charge >= 0.3 is 0 Å². The Hall–Kier alpha value is -2.18. The maximum absolute atomic E-state index is 12.5. The Kier molecular flexibility index (Phi) is 7.18. The first kappa shape index (κ1) is 21.1. The molecule has 3 heterocycles. The summed E-state index contributed by atoms with van der Waals surface area (Å²) in [5.41, 5.74) is 3.92. The Morgan fingerprint density at radius 2 is 1.90 bits per heavy atom. The van der Waals surface area contributed by atoms with Gasteiger partial charge in [0.1, 0.15) is 0 Å². The van der Waals surface area contributed by atoms with Crippen molar-refractivity contribution in [2.45, 2.75) is 51.6 Å². The fourth-order valence-electron chi connectivity index (χ4n) is 4.88. The predicted octanol–water partition coefficient (Wildman–Crippen LogP) is 2.75. The summed E-state index contributed by atoms with van der Waals surface area (Å²) < 4.78 is 0. The molecule has 2 fully saturated rings. The number of hydrogen-bond acceptors (Lipinski definition) is 4. The first-order chi connectivity index (χ1) is 14.7. The maximum Gasteiger partial charge on any atom is 0.223 e. The van der Waals surface area contributed by atoms with Gasteiger partial charge in [-0.25, -0.2) is 4.98 Å². The van der Waals surface area contributed by atoms with Crippen LogP contribution in [0.4, 0.5) is 0 Å². The number of carbonyl (C=O) groups is 1. The monoisotopic (exact) mass is 409 g/mol. The number of likely N-dealkylation sites (tertiary alicyclic amines) is 2. The molecule has 0 atom stereocenters. The minimum absolute atomic E-state index is 0.171. The number of aromatic nitrogens is 2. The van der Waals surface area contributed by atoms with Crippen LogP contribution in [0, 0.1) is 12.8 Å². The Labute approximate surface area is 180 Å². The Morgan fingerprint density at radius 3 is 2.60 bits per heavy atom. The number of hydrogen-bond donors (Lipinski definition) is 2. The van der Waals surface area contributed by atoms with E-state index in [-0.39, 0.29) is 11.8 Å². The van der Waals surface area contributed by atoms with Gasteiger partial charge in [0.2, 0.25) is 5.91 Å². The smallest absolute Gasteiger partial charge is 0.223 e. The van der Waals surface area contributed by atoms with Crippen molar-refractivity contribution in [2.24, 2.45) is 5.92 Å². The average Bonchev–Trinajstić information content (AvgIpc) is 3.29. The van der Waals surface area contributed by atoms with Gasteiger partial charge in [-0.2, -0.15) is 0 Å². The molecular weight excluding hydrogens is 374 g/mol. The molecule has 1 aromatic heterocycles. The molecule has 6 nitrogen and oxygen atoms in total. The molecule has 6 heteroatoms. The zero-order chi connectivity index (χ0) is 20.8. The van der Waals surface area contributed by atoms with Gasteiger partial charge in [-0.3, -0.25) is 9.69 Å². The largest absolute Gasteiger partial charge is 0.355 e. The predicted molar refractivity (Wildman–Crippen MR) is 119 cm³/mol. The van der Waals surface area contributed by atoms with E-state index < -0.39 is 0 Å². The van der Waals surface area contributed by atoms with E-state index >= 15 is 0 Å². The molecule has 2 N–H and O–H groups in total. The molecule has 2 aliphatic heterocycles. The summed E-state index contributed by atoms with van der Waals surface area (Å²) in [6.07, 6.45) is 8.77. The number of carbonyl (C=O) groups excluding carboxylic acids is 1. The van der Waals surface area contributed by atoms with E-state index in [0.29, 0.717) is 12.6 Å². The third-order valence-corrected chi connectivity index (χ3v) is 6.88. The molecule has 4 rings (SSSR count). The number of nitrogens with one attached hydrogen (secondary N) is 2. The van der Waals surface area contributed by atoms with Crippen molar-refractivity contribution in [1.29, 1.82) is 0 Å². The average molecular weight is 410 g/mol. The van der Waals surface area contributed by atoms with Crippen molar-refractivity contribution in [3.8, 4) is 0 Å². The molecular formula is C24H35N5O. The van der Waals surface area contributed by atoms with Crippen LogP contribution in [0.2, 0.25) is 0 Å². The Bertz CT molecular complexity index is 790. The van der Waals surface area contributed by atoms with Crippen LogP contribution < -0.4 is 5.32 Å². The van der Waals surface area contributed by atoms with Crippen LogP contribution >= 0.6 is 0 Å². The van der Waals surface area contributed by atoms with Crippen LogP contribution in [-0.4, -0.2) is 64.4 Å². The maximum atomic E-state index is 12.5. The van der Waals surface area contributed by atoms with E-state index in [1.807, 2.05) is 6.20 Å². The third kappa shape index (κ3) is 5.49. The highest BCUT2D eigenvalue weighted by Gasteiger charge is 2.30. The van der Waals surface area contributed by atoms with E-state index in [1.165, 1.54) is 37.1 Å². The van der Waals surface area contributed by atoms with Gasteiger partial charge in [0.05, 0.1) is 6.33 Å². The van der Waals surface area contributed by atoms with E-state index in [0.717, 1.165) is 44.6 Å². The minimum atomic E-state index is 0.171. The van der Waals surface area contributed by atoms with Crippen molar-refractivity contribution in [1.82, 2.24) is 25.1 Å². The van der Waals surface area contributed by atoms with E-state index in [4.69, 9.17) is 0 Å². The third-order valence-electron chi connectivity index (χ3n) is 6.88. The van der Waals surface area contributed by atoms with Crippen LogP contribution in [0.25, 0.3) is 0 Å². The summed E-state index contributed by atoms with van der Waals surface area (Å²) in [6, 6.07) is 9.41. The Morgan fingerprint density at radius 1 is 1.13 bits per heavy atom. The molecule has 1 amide bonds. The van der Waals surface area contributed by atoms with Gasteiger partial charge in [-0.15, -0.1) is 0 Å². The molecule has 2 aromatic rings. The van der Waals surface area contributed by atoms with Gasteiger partial charge in [-0.1, -0.05) is 24.3 Å². The van der Waals surface area contributed by atoms with Gasteiger partial charge in [-0.05, 0) is 69.9 Å². The normalized spacial score (nSPS) is 19.8. The Balaban J connectivity index is 1.15. The molecule has 2 aliphatic rings. The molecule has 0 saturated carbocycles. The summed E-state index contributed by atoms with van der Waals surface area (Å²) in [7, 11) is 0. The number of piperidine rings is 2. The van der Waals surface area contributed by atoms with Crippen molar-refractivity contribution >= 4 is 5.91 Å². The summed E-state index contributed by atoms with van der Waals surface area (Å²) in [5, 5.41) is 3.11. The van der Waals surface area contributed by atoms with Gasteiger partial charge < -0.3 is 15.2 Å². The number of imidazole rings is 1. The van der Waals surface area contributed by atoms with Crippen molar-refractivity contribution in [3.05, 3.63) is 53.6 Å². The van der Waals surface area contributed by atoms with Crippen LogP contribution in [0.5, 0.6) is 0 Å². The molecule has 0 aliphatic carbocycles. The molecule has 162 valence electrons. The van der Waals surface area contributed by atoms with Crippen LogP contribution in [0.1, 0.15) is 42.5 Å². The second kappa shape index (κ2) is 10.2. The molecule has 2 saturated heterocycles. The number of aryl methyl sites for hydroxylation is 1. The van der Waals surface area contributed by atoms with Crippen LogP contribution in [-0.2, 0) is 17.8 Å². The van der Waals surface area contributed by atoms with E-state index in [9.17, 15) is 4.79 Å². The zero-order valence-electron chi connectivity index (χ0n) is 18.1. The highest BCUT2D eigenvalue weighted by Crippen LogP contribution is 2.25. The molecule has 0 unspecified atom stereocenters. The standard InChI is InChI=1S/C24H35N5O/c1-19-4-2-3-5-21(19)17-28-12-9-23(10-13-28)29-14-7-20(8-15-29)24(30)26-11-6-22-16-25-18-27-22/h2-5,16,18,20,23H,6-15,17H2,1H3,(H,25,27)(H,26,30). The topological polar surface area (TPSA) is 64.3 Å². The van der Waals surface area contributed by atoms with Crippen LogP contribution in [0.15, 0.2) is 36.8 Å². The van der Waals surface area contributed by atoms with E-state index in [2.05, 4.69) is 56.3 Å². The van der Waals surface area contributed by atoms with Gasteiger partial charge in [0.25, 0.3) is 0 Å². The number of H-pyrrole nitrogens is 1. The molecule has 0 spiro atoms. The number of nitrogens with zero attached hydrogens (tertiary/aromatic N) is 3. The molecule has 0 radical (unpaired) electrons. The fourth-order valence-corrected chi connectivity index (χ4v) is 4.88. The van der Waals surface area contributed by atoms with E-state index in [1.54, 1.807) is 6.33 Å². The molecule has 0 bridgehead atoms. The number of aromatic amines is 1. The minimum Gasteiger partial charge on any atom is -0.355 e. The summed E-state index contributed by atoms with van der Waals surface area (Å²) in [4.78, 5) is 24.8. The fraction of sp³-hybridized carbons (Fsp3) is 0.583. The summed E-state index contributed by atoms with van der Waals surface area (Å²) >= 11 is 0. The van der Waals surface area contributed by atoms with Crippen LogP contribution in [0.3, 0.4) is 0 Å². The molecule has 1 aromatic carbocycles. The van der Waals surface area contributed by atoms with Crippen molar-refractivity contribution < 1.29 is 4.79 Å². The summed E-state index contributed by atoms with van der Waals surface area (Å²) in [6.45, 7) is 8.42.